The quantitative estimate of drug-likeness (QED) is 0.543. The zero-order valence-electron chi connectivity index (χ0n) is 17.0. The van der Waals surface area contributed by atoms with Gasteiger partial charge in [-0.3, -0.25) is 4.99 Å². The Morgan fingerprint density at radius 1 is 1.22 bits per heavy atom. The van der Waals surface area contributed by atoms with Crippen LogP contribution >= 0.6 is 0 Å². The van der Waals surface area contributed by atoms with Crippen molar-refractivity contribution >= 4 is 11.6 Å². The van der Waals surface area contributed by atoms with Crippen molar-refractivity contribution in [1.29, 1.82) is 0 Å². The number of para-hydroxylation sites is 1. The number of anilines is 1. The third-order valence-corrected chi connectivity index (χ3v) is 6.32. The van der Waals surface area contributed by atoms with Crippen molar-refractivity contribution in [2.45, 2.75) is 38.5 Å². The van der Waals surface area contributed by atoms with Gasteiger partial charge in [0.25, 0.3) is 0 Å². The summed E-state index contributed by atoms with van der Waals surface area (Å²) in [6.07, 6.45) is 7.66. The van der Waals surface area contributed by atoms with E-state index >= 15 is 0 Å². The van der Waals surface area contributed by atoms with Crippen LogP contribution < -0.4 is 15.5 Å². The first kappa shape index (κ1) is 20.0. The average molecular weight is 373 g/mol. The van der Waals surface area contributed by atoms with Crippen LogP contribution in [0.2, 0.25) is 0 Å². The van der Waals surface area contributed by atoms with Crippen molar-refractivity contribution in [1.82, 2.24) is 10.6 Å². The normalized spacial score (nSPS) is 22.2. The Labute approximate surface area is 164 Å². The van der Waals surface area contributed by atoms with E-state index in [9.17, 15) is 0 Å². The van der Waals surface area contributed by atoms with E-state index in [0.29, 0.717) is 11.3 Å². The first-order chi connectivity index (χ1) is 13.2. The highest BCUT2D eigenvalue weighted by Crippen LogP contribution is 2.40. The van der Waals surface area contributed by atoms with E-state index in [1.54, 1.807) is 7.11 Å². The molecule has 1 aromatic rings. The molecule has 150 valence electrons. The summed E-state index contributed by atoms with van der Waals surface area (Å²) >= 11 is 0. The van der Waals surface area contributed by atoms with Gasteiger partial charge in [-0.2, -0.15) is 0 Å². The van der Waals surface area contributed by atoms with E-state index in [0.717, 1.165) is 45.2 Å². The fourth-order valence-corrected chi connectivity index (χ4v) is 4.56. The molecule has 0 amide bonds. The summed E-state index contributed by atoms with van der Waals surface area (Å²) in [5.74, 6) is 1.61. The maximum absolute atomic E-state index is 5.35. The summed E-state index contributed by atoms with van der Waals surface area (Å²) in [5.41, 5.74) is 1.72. The van der Waals surface area contributed by atoms with Crippen molar-refractivity contribution < 1.29 is 4.74 Å². The van der Waals surface area contributed by atoms with Gasteiger partial charge in [0.05, 0.1) is 0 Å². The Morgan fingerprint density at radius 3 is 2.70 bits per heavy atom. The van der Waals surface area contributed by atoms with Crippen LogP contribution in [-0.4, -0.2) is 52.9 Å². The lowest BCUT2D eigenvalue weighted by Gasteiger charge is -2.30. The number of benzene rings is 1. The SMILES string of the molecule is CN=C(NCC1CCN(c2ccccc2)C1)NCC1(CCOC)CCCC1. The molecule has 1 aliphatic heterocycles. The lowest BCUT2D eigenvalue weighted by Crippen LogP contribution is -2.45. The van der Waals surface area contributed by atoms with Crippen LogP contribution in [0.4, 0.5) is 5.69 Å². The van der Waals surface area contributed by atoms with Crippen LogP contribution in [0.5, 0.6) is 0 Å². The van der Waals surface area contributed by atoms with E-state index < -0.39 is 0 Å². The van der Waals surface area contributed by atoms with Gasteiger partial charge in [-0.15, -0.1) is 0 Å². The van der Waals surface area contributed by atoms with Gasteiger partial charge in [-0.05, 0) is 49.1 Å². The maximum Gasteiger partial charge on any atom is 0.191 e. The molecule has 0 radical (unpaired) electrons. The topological polar surface area (TPSA) is 48.9 Å². The molecule has 0 spiro atoms. The molecule has 1 unspecified atom stereocenters. The first-order valence-corrected chi connectivity index (χ1v) is 10.5. The number of methoxy groups -OCH3 is 1. The van der Waals surface area contributed by atoms with Gasteiger partial charge in [0.2, 0.25) is 0 Å². The monoisotopic (exact) mass is 372 g/mol. The minimum Gasteiger partial charge on any atom is -0.385 e. The second-order valence-corrected chi connectivity index (χ2v) is 8.19. The van der Waals surface area contributed by atoms with Gasteiger partial charge in [-0.25, -0.2) is 0 Å². The second-order valence-electron chi connectivity index (χ2n) is 8.19. The van der Waals surface area contributed by atoms with Crippen LogP contribution in [-0.2, 0) is 4.74 Å². The first-order valence-electron chi connectivity index (χ1n) is 10.5. The van der Waals surface area contributed by atoms with Gasteiger partial charge in [0, 0.05) is 52.6 Å². The Hall–Kier alpha value is -1.75. The van der Waals surface area contributed by atoms with Crippen LogP contribution in [0.1, 0.15) is 38.5 Å². The van der Waals surface area contributed by atoms with Gasteiger partial charge < -0.3 is 20.3 Å². The largest absolute Gasteiger partial charge is 0.385 e. The molecule has 1 atom stereocenters. The van der Waals surface area contributed by atoms with Crippen molar-refractivity contribution in [2.75, 3.05) is 51.8 Å². The summed E-state index contributed by atoms with van der Waals surface area (Å²) in [5, 5.41) is 7.16. The number of hydrogen-bond acceptors (Lipinski definition) is 3. The van der Waals surface area contributed by atoms with Crippen LogP contribution in [0, 0.1) is 11.3 Å². The Morgan fingerprint density at radius 2 is 2.00 bits per heavy atom. The van der Waals surface area contributed by atoms with E-state index in [1.807, 2.05) is 7.05 Å². The average Bonchev–Trinajstić information content (AvgIpc) is 3.37. The fourth-order valence-electron chi connectivity index (χ4n) is 4.56. The van der Waals surface area contributed by atoms with Crippen molar-refractivity contribution in [3.63, 3.8) is 0 Å². The van der Waals surface area contributed by atoms with E-state index in [4.69, 9.17) is 4.74 Å². The number of aliphatic imine (C=N–C) groups is 1. The zero-order chi connectivity index (χ0) is 19.0. The molecular weight excluding hydrogens is 336 g/mol. The minimum absolute atomic E-state index is 0.380. The summed E-state index contributed by atoms with van der Waals surface area (Å²) in [7, 11) is 3.67. The van der Waals surface area contributed by atoms with Crippen molar-refractivity contribution in [2.24, 2.45) is 16.3 Å². The van der Waals surface area contributed by atoms with Crippen molar-refractivity contribution in [3.8, 4) is 0 Å². The van der Waals surface area contributed by atoms with Gasteiger partial charge >= 0.3 is 0 Å². The van der Waals surface area contributed by atoms with E-state index in [1.165, 1.54) is 37.8 Å². The molecule has 1 aromatic carbocycles. The van der Waals surface area contributed by atoms with Crippen molar-refractivity contribution in [3.05, 3.63) is 30.3 Å². The Balaban J connectivity index is 1.43. The highest BCUT2D eigenvalue weighted by molar-refractivity contribution is 5.79. The number of rotatable bonds is 8. The third kappa shape index (κ3) is 5.61. The predicted octanol–water partition coefficient (Wildman–Crippen LogP) is 3.27. The van der Waals surface area contributed by atoms with E-state index in [2.05, 4.69) is 50.9 Å². The molecule has 3 rings (SSSR count). The standard InChI is InChI=1S/C22H36N4O/c1-23-21(25-18-22(13-15-27-2)11-6-7-12-22)24-16-19-10-14-26(17-19)20-8-4-3-5-9-20/h3-5,8-9,19H,6-7,10-18H2,1-2H3,(H2,23,24,25). The van der Waals surface area contributed by atoms with Crippen LogP contribution in [0.15, 0.2) is 35.3 Å². The minimum atomic E-state index is 0.380. The van der Waals surface area contributed by atoms with E-state index in [-0.39, 0.29) is 0 Å². The van der Waals surface area contributed by atoms with Crippen LogP contribution in [0.3, 0.4) is 0 Å². The predicted molar refractivity (Wildman–Crippen MR) is 114 cm³/mol. The molecule has 1 aliphatic carbocycles. The number of nitrogens with one attached hydrogen (secondary N) is 2. The van der Waals surface area contributed by atoms with Gasteiger partial charge in [0.15, 0.2) is 5.96 Å². The highest BCUT2D eigenvalue weighted by atomic mass is 16.5. The zero-order valence-corrected chi connectivity index (χ0v) is 17.0. The lowest BCUT2D eigenvalue weighted by atomic mass is 9.83. The number of guanidine groups is 1. The molecule has 2 fully saturated rings. The second kappa shape index (κ2) is 9.98. The Kier molecular flexibility index (Phi) is 7.39. The summed E-state index contributed by atoms with van der Waals surface area (Å²) < 4.78 is 5.35. The number of hydrogen-bond donors (Lipinski definition) is 2. The number of ether oxygens (including phenoxy) is 1. The van der Waals surface area contributed by atoms with Crippen LogP contribution in [0.25, 0.3) is 0 Å². The molecule has 27 heavy (non-hydrogen) atoms. The lowest BCUT2D eigenvalue weighted by molar-refractivity contribution is 0.138. The molecule has 5 nitrogen and oxygen atoms in total. The smallest absolute Gasteiger partial charge is 0.191 e. The molecule has 2 aliphatic rings. The molecule has 1 saturated heterocycles. The molecule has 1 saturated carbocycles. The Bertz CT molecular complexity index is 583. The summed E-state index contributed by atoms with van der Waals surface area (Å²) in [4.78, 5) is 6.94. The number of nitrogens with zero attached hydrogens (tertiary/aromatic N) is 2. The van der Waals surface area contributed by atoms with Gasteiger partial charge in [0.1, 0.15) is 0 Å². The molecule has 5 heteroatoms. The van der Waals surface area contributed by atoms with Gasteiger partial charge in [-0.1, -0.05) is 31.0 Å². The molecule has 2 N–H and O–H groups in total. The molecule has 1 heterocycles. The molecular formula is C22H36N4O. The summed E-state index contributed by atoms with van der Waals surface area (Å²) in [6, 6.07) is 10.7. The third-order valence-electron chi connectivity index (χ3n) is 6.32. The highest BCUT2D eigenvalue weighted by Gasteiger charge is 2.33. The fraction of sp³-hybridized carbons (Fsp3) is 0.682. The summed E-state index contributed by atoms with van der Waals surface area (Å²) in [6.45, 7) is 5.09. The molecule has 0 bridgehead atoms. The molecule has 0 aromatic heterocycles. The maximum atomic E-state index is 5.35.